The number of carbonyl (C=O) groups excluding carboxylic acids is 3. The molecule has 2 amide bonds. The molecule has 0 spiro atoms. The maximum Gasteiger partial charge on any atom is 0.265 e. The summed E-state index contributed by atoms with van der Waals surface area (Å²) in [5, 5.41) is 2.77. The first-order valence-electron chi connectivity index (χ1n) is 9.48. The van der Waals surface area contributed by atoms with Crippen molar-refractivity contribution in [2.24, 2.45) is 17.6 Å². The fourth-order valence-electron chi connectivity index (χ4n) is 3.47. The number of likely N-dealkylation sites (tertiary alicyclic amines) is 1. The molecule has 1 fully saturated rings. The van der Waals surface area contributed by atoms with Crippen LogP contribution >= 0.6 is 0 Å². The van der Waals surface area contributed by atoms with Crippen molar-refractivity contribution in [2.45, 2.75) is 45.8 Å². The minimum absolute atomic E-state index is 0.0398. The molecule has 0 bridgehead atoms. The monoisotopic (exact) mass is 373 g/mol. The van der Waals surface area contributed by atoms with E-state index in [1.165, 1.54) is 0 Å². The van der Waals surface area contributed by atoms with Gasteiger partial charge >= 0.3 is 0 Å². The molecule has 0 aliphatic carbocycles. The number of nitrogens with one attached hydrogen (secondary N) is 1. The molecule has 2 aliphatic heterocycles. The Bertz CT molecular complexity index is 754. The number of benzene rings is 1. The van der Waals surface area contributed by atoms with E-state index in [0.717, 1.165) is 0 Å². The number of piperidine rings is 1. The molecule has 0 aromatic heterocycles. The van der Waals surface area contributed by atoms with Crippen molar-refractivity contribution in [3.8, 4) is 5.75 Å². The first-order valence-corrected chi connectivity index (χ1v) is 9.48. The SMILES string of the molecule is CC1Oc2ccc(C(=O)C3CCN(C(=O)C(C)C(C)N)CC3)cc2NC1=O. The van der Waals surface area contributed by atoms with E-state index in [2.05, 4.69) is 5.32 Å². The normalized spacial score (nSPS) is 22.3. The summed E-state index contributed by atoms with van der Waals surface area (Å²) >= 11 is 0. The van der Waals surface area contributed by atoms with Crippen LogP contribution in [0.2, 0.25) is 0 Å². The lowest BCUT2D eigenvalue weighted by molar-refractivity contribution is -0.136. The van der Waals surface area contributed by atoms with Crippen molar-refractivity contribution in [3.05, 3.63) is 23.8 Å². The molecule has 1 aromatic carbocycles. The van der Waals surface area contributed by atoms with Crippen LogP contribution in [-0.4, -0.2) is 47.7 Å². The number of nitrogens with zero attached hydrogens (tertiary/aromatic N) is 1. The third-order valence-corrected chi connectivity index (χ3v) is 5.55. The fraction of sp³-hybridized carbons (Fsp3) is 0.550. The number of fused-ring (bicyclic) bond motifs is 1. The van der Waals surface area contributed by atoms with E-state index in [1.807, 2.05) is 13.8 Å². The molecule has 3 N–H and O–H groups in total. The van der Waals surface area contributed by atoms with Gasteiger partial charge in [-0.3, -0.25) is 14.4 Å². The zero-order valence-corrected chi connectivity index (χ0v) is 16.0. The summed E-state index contributed by atoms with van der Waals surface area (Å²) in [5.74, 6) is 0.101. The third-order valence-electron chi connectivity index (χ3n) is 5.55. The van der Waals surface area contributed by atoms with E-state index in [0.29, 0.717) is 42.9 Å². The molecule has 146 valence electrons. The Kier molecular flexibility index (Phi) is 5.51. The highest BCUT2D eigenvalue weighted by Crippen LogP contribution is 2.32. The van der Waals surface area contributed by atoms with Gasteiger partial charge in [0.15, 0.2) is 11.9 Å². The predicted octanol–water partition coefficient (Wildman–Crippen LogP) is 1.81. The van der Waals surface area contributed by atoms with E-state index < -0.39 is 6.10 Å². The van der Waals surface area contributed by atoms with Gasteiger partial charge in [0.2, 0.25) is 5.91 Å². The van der Waals surface area contributed by atoms with E-state index in [4.69, 9.17) is 10.5 Å². The number of carbonyl (C=O) groups is 3. The molecular weight excluding hydrogens is 346 g/mol. The molecule has 3 atom stereocenters. The van der Waals surface area contributed by atoms with E-state index >= 15 is 0 Å². The van der Waals surface area contributed by atoms with Crippen LogP contribution in [0, 0.1) is 11.8 Å². The zero-order valence-electron chi connectivity index (χ0n) is 16.0. The van der Waals surface area contributed by atoms with Crippen LogP contribution in [0.5, 0.6) is 5.75 Å². The van der Waals surface area contributed by atoms with Gasteiger partial charge in [-0.2, -0.15) is 0 Å². The Labute approximate surface area is 159 Å². The third kappa shape index (κ3) is 3.98. The Balaban J connectivity index is 1.64. The number of hydrogen-bond acceptors (Lipinski definition) is 5. The molecule has 27 heavy (non-hydrogen) atoms. The van der Waals surface area contributed by atoms with Crippen molar-refractivity contribution < 1.29 is 19.1 Å². The summed E-state index contributed by atoms with van der Waals surface area (Å²) < 4.78 is 5.53. The van der Waals surface area contributed by atoms with Gasteiger partial charge in [-0.05, 0) is 44.9 Å². The van der Waals surface area contributed by atoms with Crippen LogP contribution in [0.1, 0.15) is 44.0 Å². The van der Waals surface area contributed by atoms with E-state index in [1.54, 1.807) is 30.0 Å². The van der Waals surface area contributed by atoms with Crippen molar-refractivity contribution in [2.75, 3.05) is 18.4 Å². The van der Waals surface area contributed by atoms with Crippen LogP contribution in [0.3, 0.4) is 0 Å². The topological polar surface area (TPSA) is 102 Å². The number of rotatable bonds is 4. The molecular formula is C20H27N3O4. The molecule has 3 unspecified atom stereocenters. The molecule has 7 heteroatoms. The highest BCUT2D eigenvalue weighted by Gasteiger charge is 2.31. The van der Waals surface area contributed by atoms with E-state index in [-0.39, 0.29) is 35.5 Å². The quantitative estimate of drug-likeness (QED) is 0.784. The van der Waals surface area contributed by atoms with Crippen LogP contribution in [0.4, 0.5) is 5.69 Å². The lowest BCUT2D eigenvalue weighted by Gasteiger charge is -2.34. The van der Waals surface area contributed by atoms with Gasteiger partial charge in [-0.1, -0.05) is 6.92 Å². The van der Waals surface area contributed by atoms with Crippen molar-refractivity contribution in [3.63, 3.8) is 0 Å². The molecule has 3 rings (SSSR count). The highest BCUT2D eigenvalue weighted by molar-refractivity contribution is 6.02. The summed E-state index contributed by atoms with van der Waals surface area (Å²) in [5.41, 5.74) is 6.91. The molecule has 0 saturated carbocycles. The first kappa shape index (κ1) is 19.4. The van der Waals surface area contributed by atoms with Gasteiger partial charge in [0.05, 0.1) is 11.6 Å². The summed E-state index contributed by atoms with van der Waals surface area (Å²) in [6.07, 6.45) is 0.722. The van der Waals surface area contributed by atoms with Crippen LogP contribution in [0.15, 0.2) is 18.2 Å². The minimum Gasteiger partial charge on any atom is -0.479 e. The fourth-order valence-corrected chi connectivity index (χ4v) is 3.47. The second-order valence-electron chi connectivity index (χ2n) is 7.57. The largest absolute Gasteiger partial charge is 0.479 e. The number of anilines is 1. The number of ketones is 1. The van der Waals surface area contributed by atoms with Crippen molar-refractivity contribution in [1.82, 2.24) is 4.90 Å². The number of hydrogen-bond donors (Lipinski definition) is 2. The number of amides is 2. The summed E-state index contributed by atoms with van der Waals surface area (Å²) in [6, 6.07) is 4.95. The first-order chi connectivity index (χ1) is 12.8. The van der Waals surface area contributed by atoms with Gasteiger partial charge in [-0.15, -0.1) is 0 Å². The Hall–Kier alpha value is -2.41. The molecule has 7 nitrogen and oxygen atoms in total. The van der Waals surface area contributed by atoms with Crippen LogP contribution in [-0.2, 0) is 9.59 Å². The molecule has 2 heterocycles. The second-order valence-corrected chi connectivity index (χ2v) is 7.57. The molecule has 1 saturated heterocycles. The summed E-state index contributed by atoms with van der Waals surface area (Å²) in [4.78, 5) is 38.9. The van der Waals surface area contributed by atoms with Crippen LogP contribution < -0.4 is 15.8 Å². The number of Topliss-reactive ketones (excluding diaryl/α,β-unsaturated/α-hetero) is 1. The summed E-state index contributed by atoms with van der Waals surface area (Å²) in [6.45, 7) is 6.48. The number of nitrogens with two attached hydrogens (primary N) is 1. The Morgan fingerprint density at radius 1 is 1.26 bits per heavy atom. The van der Waals surface area contributed by atoms with Gasteiger partial charge in [0.25, 0.3) is 5.91 Å². The van der Waals surface area contributed by atoms with Gasteiger partial charge in [-0.25, -0.2) is 0 Å². The Morgan fingerprint density at radius 3 is 2.56 bits per heavy atom. The van der Waals surface area contributed by atoms with Gasteiger partial charge in [0.1, 0.15) is 5.75 Å². The van der Waals surface area contributed by atoms with E-state index in [9.17, 15) is 14.4 Å². The maximum atomic E-state index is 12.9. The predicted molar refractivity (Wildman–Crippen MR) is 102 cm³/mol. The number of ether oxygens (including phenoxy) is 1. The van der Waals surface area contributed by atoms with Crippen LogP contribution in [0.25, 0.3) is 0 Å². The average molecular weight is 373 g/mol. The molecule has 0 radical (unpaired) electrons. The highest BCUT2D eigenvalue weighted by atomic mass is 16.5. The summed E-state index contributed by atoms with van der Waals surface area (Å²) in [7, 11) is 0. The van der Waals surface area contributed by atoms with Crippen molar-refractivity contribution in [1.29, 1.82) is 0 Å². The standard InChI is InChI=1S/C20H27N3O4/c1-11(12(2)21)20(26)23-8-6-14(7-9-23)18(24)15-4-5-17-16(10-15)22-19(25)13(3)27-17/h4-5,10-14H,6-9,21H2,1-3H3,(H,22,25). The van der Waals surface area contributed by atoms with Gasteiger partial charge < -0.3 is 20.7 Å². The lowest BCUT2D eigenvalue weighted by Crippen LogP contribution is -2.46. The maximum absolute atomic E-state index is 12.9. The minimum atomic E-state index is -0.542. The smallest absolute Gasteiger partial charge is 0.265 e. The zero-order chi connectivity index (χ0) is 19.7. The van der Waals surface area contributed by atoms with Gasteiger partial charge in [0, 0.05) is 30.6 Å². The lowest BCUT2D eigenvalue weighted by atomic mass is 9.88. The molecule has 1 aromatic rings. The average Bonchev–Trinajstić information content (AvgIpc) is 2.67. The van der Waals surface area contributed by atoms with Crippen molar-refractivity contribution >= 4 is 23.3 Å². The molecule has 2 aliphatic rings. The Morgan fingerprint density at radius 2 is 1.93 bits per heavy atom. The second kappa shape index (κ2) is 7.68.